The van der Waals surface area contributed by atoms with E-state index in [1.165, 1.54) is 5.56 Å². The van der Waals surface area contributed by atoms with Crippen molar-refractivity contribution >= 4 is 22.8 Å². The van der Waals surface area contributed by atoms with Crippen molar-refractivity contribution in [1.82, 2.24) is 14.5 Å². The molecule has 0 saturated heterocycles. The Bertz CT molecular complexity index is 752. The maximum Gasteiger partial charge on any atom is 0.160 e. The second-order valence-corrected chi connectivity index (χ2v) is 5.77. The average Bonchev–Trinajstić information content (AvgIpc) is 2.85. The van der Waals surface area contributed by atoms with Crippen LogP contribution < -0.4 is 5.73 Å². The predicted molar refractivity (Wildman–Crippen MR) is 90.1 cm³/mol. The number of hydrogen-bond donors (Lipinski definition) is 1. The van der Waals surface area contributed by atoms with Crippen LogP contribution >= 0.6 is 11.6 Å². The highest BCUT2D eigenvalue weighted by atomic mass is 35.5. The van der Waals surface area contributed by atoms with Crippen LogP contribution in [0.3, 0.4) is 0 Å². The maximum absolute atomic E-state index is 6.04. The van der Waals surface area contributed by atoms with E-state index in [1.54, 1.807) is 6.20 Å². The molecule has 0 bridgehead atoms. The minimum absolute atomic E-state index is 0.616. The van der Waals surface area contributed by atoms with Crippen molar-refractivity contribution < 1.29 is 0 Å². The molecule has 0 radical (unpaired) electrons. The number of aromatic nitrogens is 3. The fraction of sp³-hybridized carbons (Fsp3) is 0.294. The molecule has 3 rings (SSSR count). The number of unbranched alkanes of at least 4 members (excludes halogenated alkanes) is 1. The van der Waals surface area contributed by atoms with Crippen LogP contribution in [0.5, 0.6) is 0 Å². The van der Waals surface area contributed by atoms with Gasteiger partial charge in [-0.15, -0.1) is 0 Å². The molecule has 0 amide bonds. The van der Waals surface area contributed by atoms with E-state index in [0.29, 0.717) is 11.6 Å². The predicted octanol–water partition coefficient (Wildman–Crippen LogP) is 3.41. The first-order valence-corrected chi connectivity index (χ1v) is 7.90. The zero-order chi connectivity index (χ0) is 15.4. The Morgan fingerprint density at radius 3 is 2.73 bits per heavy atom. The maximum atomic E-state index is 6.04. The van der Waals surface area contributed by atoms with Crippen molar-refractivity contribution in [3.8, 4) is 0 Å². The van der Waals surface area contributed by atoms with Gasteiger partial charge < -0.3 is 10.3 Å². The number of rotatable bonds is 6. The van der Waals surface area contributed by atoms with E-state index < -0.39 is 0 Å². The molecule has 2 heterocycles. The van der Waals surface area contributed by atoms with Crippen LogP contribution in [0.2, 0.25) is 5.02 Å². The van der Waals surface area contributed by atoms with Gasteiger partial charge in [0.1, 0.15) is 11.3 Å². The van der Waals surface area contributed by atoms with Crippen LogP contribution in [0.25, 0.3) is 11.2 Å². The van der Waals surface area contributed by atoms with Crippen molar-refractivity contribution in [2.24, 2.45) is 5.73 Å². The van der Waals surface area contributed by atoms with Gasteiger partial charge in [0.15, 0.2) is 5.65 Å². The monoisotopic (exact) mass is 314 g/mol. The van der Waals surface area contributed by atoms with Gasteiger partial charge in [0.05, 0.1) is 5.02 Å². The smallest absolute Gasteiger partial charge is 0.160 e. The number of benzene rings is 1. The highest BCUT2D eigenvalue weighted by Gasteiger charge is 2.12. The van der Waals surface area contributed by atoms with Gasteiger partial charge in [-0.2, -0.15) is 0 Å². The summed E-state index contributed by atoms with van der Waals surface area (Å²) in [7, 11) is 0. The molecule has 0 atom stereocenters. The largest absolute Gasteiger partial charge is 0.330 e. The molecule has 0 spiro atoms. The average molecular weight is 315 g/mol. The molecule has 0 fully saturated rings. The molecular formula is C17H19ClN4. The number of imidazole rings is 1. The molecule has 114 valence electrons. The van der Waals surface area contributed by atoms with Crippen LogP contribution in [0.4, 0.5) is 0 Å². The first-order valence-electron chi connectivity index (χ1n) is 7.52. The first kappa shape index (κ1) is 15.0. The van der Waals surface area contributed by atoms with Gasteiger partial charge in [-0.25, -0.2) is 9.97 Å². The number of pyridine rings is 1. The minimum atomic E-state index is 0.616. The topological polar surface area (TPSA) is 56.7 Å². The van der Waals surface area contributed by atoms with E-state index in [1.807, 2.05) is 24.3 Å². The Hall–Kier alpha value is -1.91. The summed E-state index contributed by atoms with van der Waals surface area (Å²) < 4.78 is 2.19. The van der Waals surface area contributed by atoms with Crippen LogP contribution in [-0.2, 0) is 13.0 Å². The van der Waals surface area contributed by atoms with Gasteiger partial charge in [0.25, 0.3) is 0 Å². The van der Waals surface area contributed by atoms with Gasteiger partial charge in [-0.1, -0.05) is 41.9 Å². The molecule has 0 aliphatic carbocycles. The normalized spacial score (nSPS) is 11.2. The summed E-state index contributed by atoms with van der Waals surface area (Å²) in [6, 6.07) is 12.2. The summed E-state index contributed by atoms with van der Waals surface area (Å²) in [5.74, 6) is 1.02. The zero-order valence-corrected chi connectivity index (χ0v) is 13.1. The third-order valence-electron chi connectivity index (χ3n) is 3.67. The number of hydrogen-bond acceptors (Lipinski definition) is 3. The zero-order valence-electron chi connectivity index (χ0n) is 12.4. The summed E-state index contributed by atoms with van der Waals surface area (Å²) in [6.45, 7) is 1.59. The highest BCUT2D eigenvalue weighted by Crippen LogP contribution is 2.20. The number of aryl methyl sites for hydroxylation is 1. The fourth-order valence-electron chi connectivity index (χ4n) is 2.60. The molecule has 22 heavy (non-hydrogen) atoms. The summed E-state index contributed by atoms with van der Waals surface area (Å²) >= 11 is 6.04. The molecular weight excluding hydrogens is 296 g/mol. The lowest BCUT2D eigenvalue weighted by atomic mass is 10.1. The molecule has 0 saturated carbocycles. The molecule has 0 unspecified atom stereocenters. The first-order chi connectivity index (χ1) is 10.8. The second kappa shape index (κ2) is 6.90. The standard InChI is InChI=1S/C17H19ClN4/c18-14-11-15-17(20-12-14)22(9-5-4-8-19)16(21-15)10-13-6-2-1-3-7-13/h1-3,6-7,11-12H,4-5,8-10,19H2. The van der Waals surface area contributed by atoms with Crippen molar-refractivity contribution in [2.45, 2.75) is 25.8 Å². The van der Waals surface area contributed by atoms with Gasteiger partial charge in [-0.3, -0.25) is 0 Å². The minimum Gasteiger partial charge on any atom is -0.330 e. The van der Waals surface area contributed by atoms with E-state index in [-0.39, 0.29) is 0 Å². The van der Waals surface area contributed by atoms with Crippen molar-refractivity contribution in [3.63, 3.8) is 0 Å². The molecule has 2 aromatic heterocycles. The number of nitrogens with zero attached hydrogens (tertiary/aromatic N) is 3. The Morgan fingerprint density at radius 2 is 1.95 bits per heavy atom. The Kier molecular flexibility index (Phi) is 4.71. The molecule has 0 aliphatic heterocycles. The molecule has 5 heteroatoms. The van der Waals surface area contributed by atoms with E-state index >= 15 is 0 Å². The Labute approximate surface area is 134 Å². The van der Waals surface area contributed by atoms with Crippen molar-refractivity contribution in [1.29, 1.82) is 0 Å². The van der Waals surface area contributed by atoms with Crippen LogP contribution in [-0.4, -0.2) is 21.1 Å². The van der Waals surface area contributed by atoms with Crippen LogP contribution in [0.1, 0.15) is 24.2 Å². The quantitative estimate of drug-likeness (QED) is 0.709. The Morgan fingerprint density at radius 1 is 1.14 bits per heavy atom. The lowest BCUT2D eigenvalue weighted by Crippen LogP contribution is -2.07. The van der Waals surface area contributed by atoms with Crippen molar-refractivity contribution in [3.05, 3.63) is 59.0 Å². The highest BCUT2D eigenvalue weighted by molar-refractivity contribution is 6.31. The number of halogens is 1. The van der Waals surface area contributed by atoms with E-state index in [0.717, 1.165) is 42.8 Å². The Balaban J connectivity index is 1.97. The van der Waals surface area contributed by atoms with Gasteiger partial charge in [0, 0.05) is 19.2 Å². The summed E-state index contributed by atoms with van der Waals surface area (Å²) in [4.78, 5) is 9.19. The fourth-order valence-corrected chi connectivity index (χ4v) is 2.75. The molecule has 1 aromatic carbocycles. The molecule has 3 aromatic rings. The number of fused-ring (bicyclic) bond motifs is 1. The lowest BCUT2D eigenvalue weighted by molar-refractivity contribution is 0.604. The molecule has 4 nitrogen and oxygen atoms in total. The van der Waals surface area contributed by atoms with E-state index in [9.17, 15) is 0 Å². The number of nitrogens with two attached hydrogens (primary N) is 1. The second-order valence-electron chi connectivity index (χ2n) is 5.33. The van der Waals surface area contributed by atoms with Gasteiger partial charge in [0.2, 0.25) is 0 Å². The SMILES string of the molecule is NCCCCn1c(Cc2ccccc2)nc2cc(Cl)cnc21. The summed E-state index contributed by atoms with van der Waals surface area (Å²) in [5, 5.41) is 0.616. The van der Waals surface area contributed by atoms with Gasteiger partial charge in [-0.05, 0) is 31.0 Å². The summed E-state index contributed by atoms with van der Waals surface area (Å²) in [5.41, 5.74) is 8.59. The van der Waals surface area contributed by atoms with E-state index in [4.69, 9.17) is 22.3 Å². The van der Waals surface area contributed by atoms with Crippen molar-refractivity contribution in [2.75, 3.05) is 6.54 Å². The van der Waals surface area contributed by atoms with Crippen LogP contribution in [0.15, 0.2) is 42.6 Å². The van der Waals surface area contributed by atoms with Gasteiger partial charge >= 0.3 is 0 Å². The molecule has 2 N–H and O–H groups in total. The molecule has 0 aliphatic rings. The summed E-state index contributed by atoms with van der Waals surface area (Å²) in [6.07, 6.45) is 4.49. The lowest BCUT2D eigenvalue weighted by Gasteiger charge is -2.08. The third kappa shape index (κ3) is 3.29. The third-order valence-corrected chi connectivity index (χ3v) is 3.88. The van der Waals surface area contributed by atoms with E-state index in [2.05, 4.69) is 21.7 Å². The van der Waals surface area contributed by atoms with Crippen LogP contribution in [0, 0.1) is 0 Å².